The van der Waals surface area contributed by atoms with Crippen LogP contribution < -0.4 is 19.5 Å². The van der Waals surface area contributed by atoms with Crippen LogP contribution in [0.15, 0.2) is 71.6 Å². The van der Waals surface area contributed by atoms with Gasteiger partial charge in [-0.1, -0.05) is 24.6 Å². The van der Waals surface area contributed by atoms with Gasteiger partial charge in [-0.05, 0) is 67.6 Å². The third kappa shape index (κ3) is 7.51. The molecule has 0 fully saturated rings. The number of fused-ring (bicyclic) bond motifs is 1. The number of ether oxygens (including phenoxy) is 2. The number of nitrogens with zero attached hydrogens (tertiary/aromatic N) is 2. The summed E-state index contributed by atoms with van der Waals surface area (Å²) in [4.78, 5) is 29.8. The Morgan fingerprint density at radius 3 is 2.47 bits per heavy atom. The zero-order valence-corrected chi connectivity index (χ0v) is 25.9. The van der Waals surface area contributed by atoms with Crippen LogP contribution >= 0.6 is 11.6 Å². The van der Waals surface area contributed by atoms with E-state index in [1.165, 1.54) is 40.1 Å². The molecule has 1 aliphatic heterocycles. The molecule has 3 N–H and O–H groups in total. The highest BCUT2D eigenvalue weighted by molar-refractivity contribution is 7.92. The summed E-state index contributed by atoms with van der Waals surface area (Å²) in [5.74, 6) is -0.0515. The Kier molecular flexibility index (Phi) is 10.0. The number of nitrogens with one attached hydrogen (secondary N) is 2. The lowest BCUT2D eigenvalue weighted by molar-refractivity contribution is 0.0373. The number of urea groups is 1. The number of aliphatic hydroxyl groups is 1. The summed E-state index contributed by atoms with van der Waals surface area (Å²) in [6.07, 6.45) is -0.659. The highest BCUT2D eigenvalue weighted by Crippen LogP contribution is 2.36. The summed E-state index contributed by atoms with van der Waals surface area (Å²) < 4.78 is 40.7. The Labute approximate surface area is 256 Å². The standard InChI is InChI=1S/C30H35ClN4O7S/c1-19-16-35(20(2)18-36)29(37)25-6-5-7-26(33-43(39,40)24-14-8-21(31)9-15-24)28(25)42-27(19)17-34(3)30(38)32-22-10-12-23(41-4)13-11-22/h5-15,19-20,27,33,36H,16-18H2,1-4H3,(H,32,38)/t19-,20-,27+/m1/s1. The van der Waals surface area contributed by atoms with Gasteiger partial charge in [-0.25, -0.2) is 13.2 Å². The van der Waals surface area contributed by atoms with Gasteiger partial charge in [0.15, 0.2) is 5.75 Å². The summed E-state index contributed by atoms with van der Waals surface area (Å²) in [5.41, 5.74) is 0.753. The van der Waals surface area contributed by atoms with Gasteiger partial charge in [0.1, 0.15) is 11.9 Å². The summed E-state index contributed by atoms with van der Waals surface area (Å²) in [6, 6.07) is 16.2. The number of hydrogen-bond donors (Lipinski definition) is 3. The van der Waals surface area contributed by atoms with Gasteiger partial charge >= 0.3 is 6.03 Å². The van der Waals surface area contributed by atoms with E-state index < -0.39 is 34.1 Å². The molecule has 0 radical (unpaired) electrons. The van der Waals surface area contributed by atoms with Crippen molar-refractivity contribution in [3.63, 3.8) is 0 Å². The summed E-state index contributed by atoms with van der Waals surface area (Å²) in [5, 5.41) is 13.1. The Morgan fingerprint density at radius 2 is 1.84 bits per heavy atom. The van der Waals surface area contributed by atoms with Crippen molar-refractivity contribution in [1.29, 1.82) is 0 Å². The lowest BCUT2D eigenvalue weighted by Gasteiger charge is -2.38. The summed E-state index contributed by atoms with van der Waals surface area (Å²) >= 11 is 5.94. The van der Waals surface area contributed by atoms with E-state index >= 15 is 0 Å². The fourth-order valence-corrected chi connectivity index (χ4v) is 5.79. The monoisotopic (exact) mass is 630 g/mol. The van der Waals surface area contributed by atoms with Crippen molar-refractivity contribution in [3.8, 4) is 11.5 Å². The Balaban J connectivity index is 1.66. The number of benzene rings is 3. The molecule has 230 valence electrons. The second kappa shape index (κ2) is 13.5. The van der Waals surface area contributed by atoms with Gasteiger partial charge in [0.25, 0.3) is 15.9 Å². The van der Waals surface area contributed by atoms with Crippen molar-refractivity contribution in [1.82, 2.24) is 9.80 Å². The predicted octanol–water partition coefficient (Wildman–Crippen LogP) is 4.53. The minimum Gasteiger partial charge on any atom is -0.497 e. The molecule has 3 amide bonds. The van der Waals surface area contributed by atoms with E-state index in [9.17, 15) is 23.1 Å². The number of anilines is 2. The zero-order chi connectivity index (χ0) is 31.3. The van der Waals surface area contributed by atoms with E-state index in [0.29, 0.717) is 16.5 Å². The zero-order valence-electron chi connectivity index (χ0n) is 24.3. The third-order valence-corrected chi connectivity index (χ3v) is 8.83. The number of sulfonamides is 1. The van der Waals surface area contributed by atoms with Gasteiger partial charge in [0, 0.05) is 30.2 Å². The van der Waals surface area contributed by atoms with Crippen LogP contribution in [0.3, 0.4) is 0 Å². The molecule has 0 aromatic heterocycles. The van der Waals surface area contributed by atoms with Gasteiger partial charge in [-0.2, -0.15) is 0 Å². The number of para-hydroxylation sites is 1. The van der Waals surface area contributed by atoms with E-state index in [1.54, 1.807) is 57.5 Å². The molecule has 0 saturated carbocycles. The molecule has 0 unspecified atom stereocenters. The smallest absolute Gasteiger partial charge is 0.321 e. The topological polar surface area (TPSA) is 138 Å². The highest BCUT2D eigenvalue weighted by Gasteiger charge is 2.35. The van der Waals surface area contributed by atoms with Crippen molar-refractivity contribution in [2.24, 2.45) is 5.92 Å². The quantitative estimate of drug-likeness (QED) is 0.316. The van der Waals surface area contributed by atoms with E-state index in [-0.39, 0.29) is 47.5 Å². The average Bonchev–Trinajstić information content (AvgIpc) is 2.99. The van der Waals surface area contributed by atoms with Gasteiger partial charge in [0.2, 0.25) is 0 Å². The second-order valence-electron chi connectivity index (χ2n) is 10.4. The molecule has 0 aliphatic carbocycles. The normalized spacial score (nSPS) is 17.5. The molecule has 0 bridgehead atoms. The maximum atomic E-state index is 13.7. The Hall–Kier alpha value is -4.00. The maximum absolute atomic E-state index is 13.7. The summed E-state index contributed by atoms with van der Waals surface area (Å²) in [6.45, 7) is 3.67. The molecule has 43 heavy (non-hydrogen) atoms. The number of rotatable bonds is 9. The van der Waals surface area contributed by atoms with Crippen LogP contribution in [0, 0.1) is 5.92 Å². The number of carbonyl (C=O) groups is 2. The SMILES string of the molecule is COc1ccc(NC(=O)N(C)C[C@@H]2Oc3c(NS(=O)(=O)c4ccc(Cl)cc4)cccc3C(=O)N([C@H](C)CO)C[C@H]2C)cc1. The minimum absolute atomic E-state index is 0.0259. The maximum Gasteiger partial charge on any atom is 0.321 e. The van der Waals surface area contributed by atoms with E-state index in [2.05, 4.69) is 10.0 Å². The molecular weight excluding hydrogens is 596 g/mol. The van der Waals surface area contributed by atoms with Crippen LogP contribution in [-0.2, 0) is 10.0 Å². The molecule has 11 nitrogen and oxygen atoms in total. The Morgan fingerprint density at radius 1 is 1.16 bits per heavy atom. The van der Waals surface area contributed by atoms with Crippen molar-refractivity contribution < 1.29 is 32.6 Å². The fourth-order valence-electron chi connectivity index (χ4n) is 4.61. The molecule has 1 heterocycles. The van der Waals surface area contributed by atoms with E-state index in [4.69, 9.17) is 21.1 Å². The lowest BCUT2D eigenvalue weighted by atomic mass is 9.99. The summed E-state index contributed by atoms with van der Waals surface area (Å²) in [7, 11) is -0.911. The first kappa shape index (κ1) is 31.9. The van der Waals surface area contributed by atoms with E-state index in [1.807, 2.05) is 6.92 Å². The molecule has 4 rings (SSSR count). The number of likely N-dealkylation sites (N-methyl/N-ethyl adjacent to an activating group) is 1. The molecule has 3 aromatic carbocycles. The molecule has 3 aromatic rings. The fraction of sp³-hybridized carbons (Fsp3) is 0.333. The lowest BCUT2D eigenvalue weighted by Crippen LogP contribution is -2.50. The second-order valence-corrected chi connectivity index (χ2v) is 12.5. The third-order valence-electron chi connectivity index (χ3n) is 7.20. The highest BCUT2D eigenvalue weighted by atomic mass is 35.5. The van der Waals surface area contributed by atoms with Crippen LogP contribution in [-0.4, -0.2) is 81.3 Å². The van der Waals surface area contributed by atoms with Crippen molar-refractivity contribution >= 4 is 44.9 Å². The molecule has 3 atom stereocenters. The van der Waals surface area contributed by atoms with E-state index in [0.717, 1.165) is 0 Å². The number of aliphatic hydroxyl groups excluding tert-OH is 1. The van der Waals surface area contributed by atoms with Crippen LogP contribution in [0.2, 0.25) is 5.02 Å². The van der Waals surface area contributed by atoms with Crippen molar-refractivity contribution in [2.75, 3.05) is 43.9 Å². The molecular formula is C30H35ClN4O7S. The van der Waals surface area contributed by atoms with Crippen LogP contribution in [0.25, 0.3) is 0 Å². The molecule has 1 aliphatic rings. The van der Waals surface area contributed by atoms with Crippen LogP contribution in [0.5, 0.6) is 11.5 Å². The van der Waals surface area contributed by atoms with Gasteiger partial charge in [-0.15, -0.1) is 0 Å². The number of amides is 3. The first-order valence-corrected chi connectivity index (χ1v) is 15.5. The molecule has 0 spiro atoms. The largest absolute Gasteiger partial charge is 0.497 e. The number of hydrogen-bond acceptors (Lipinski definition) is 7. The van der Waals surface area contributed by atoms with Gasteiger partial charge < -0.3 is 29.7 Å². The molecule has 13 heteroatoms. The first-order chi connectivity index (χ1) is 20.4. The van der Waals surface area contributed by atoms with Crippen molar-refractivity contribution in [3.05, 3.63) is 77.3 Å². The first-order valence-electron chi connectivity index (χ1n) is 13.6. The van der Waals surface area contributed by atoms with Gasteiger partial charge in [0.05, 0.1) is 42.4 Å². The molecule has 0 saturated heterocycles. The van der Waals surface area contributed by atoms with Crippen LogP contribution in [0.1, 0.15) is 24.2 Å². The predicted molar refractivity (Wildman–Crippen MR) is 165 cm³/mol. The minimum atomic E-state index is -4.08. The van der Waals surface area contributed by atoms with Gasteiger partial charge in [-0.3, -0.25) is 9.52 Å². The number of methoxy groups -OCH3 is 1. The number of halogens is 1. The average molecular weight is 631 g/mol. The Bertz CT molecular complexity index is 1550. The van der Waals surface area contributed by atoms with Crippen LogP contribution in [0.4, 0.5) is 16.2 Å². The number of carbonyl (C=O) groups excluding carboxylic acids is 2. The van der Waals surface area contributed by atoms with Crippen molar-refractivity contribution in [2.45, 2.75) is 30.9 Å².